The number of nitrogens with zero attached hydrogens (tertiary/aromatic N) is 1. The van der Waals surface area contributed by atoms with Crippen molar-refractivity contribution in [2.75, 3.05) is 6.54 Å². The minimum absolute atomic E-state index is 0.00551. The summed E-state index contributed by atoms with van der Waals surface area (Å²) >= 11 is 0. The second-order valence-electron chi connectivity index (χ2n) is 4.02. The summed E-state index contributed by atoms with van der Waals surface area (Å²) in [7, 11) is 0. The summed E-state index contributed by atoms with van der Waals surface area (Å²) in [4.78, 5) is 13.0. The highest BCUT2D eigenvalue weighted by Crippen LogP contribution is 2.26. The number of nitrogens with two attached hydrogens (primary N) is 1. The van der Waals surface area contributed by atoms with Gasteiger partial charge >= 0.3 is 0 Å². The molecule has 1 aliphatic heterocycles. The first-order valence-corrected chi connectivity index (χ1v) is 4.94. The van der Waals surface area contributed by atoms with Crippen LogP contribution in [0, 0.1) is 0 Å². The summed E-state index contributed by atoms with van der Waals surface area (Å²) in [5.41, 5.74) is 5.49. The second-order valence-corrected chi connectivity index (χ2v) is 4.02. The van der Waals surface area contributed by atoms with Gasteiger partial charge in [-0.3, -0.25) is 4.79 Å². The number of β-lactam (4-membered cyclic amide) rings is 1. The van der Waals surface area contributed by atoms with Crippen molar-refractivity contribution in [3.8, 4) is 0 Å². The first-order valence-electron chi connectivity index (χ1n) is 4.94. The smallest absolute Gasteiger partial charge is 0.241 e. The SMILES string of the molecule is NC1CN(C2CCCCC2O)C1=O. The van der Waals surface area contributed by atoms with Crippen LogP contribution in [-0.2, 0) is 4.79 Å². The number of carbonyl (C=O) groups excluding carboxylic acids is 1. The van der Waals surface area contributed by atoms with Crippen LogP contribution >= 0.6 is 0 Å². The number of amides is 1. The van der Waals surface area contributed by atoms with Crippen molar-refractivity contribution < 1.29 is 9.90 Å². The molecule has 3 unspecified atom stereocenters. The molecule has 0 aromatic heterocycles. The van der Waals surface area contributed by atoms with Crippen LogP contribution in [0.25, 0.3) is 0 Å². The van der Waals surface area contributed by atoms with Gasteiger partial charge in [-0.25, -0.2) is 0 Å². The number of likely N-dealkylation sites (tertiary alicyclic amines) is 1. The molecule has 1 amide bonds. The Morgan fingerprint density at radius 2 is 2.08 bits per heavy atom. The van der Waals surface area contributed by atoms with Crippen LogP contribution in [0.15, 0.2) is 0 Å². The molecule has 2 fully saturated rings. The standard InChI is InChI=1S/C9H16N2O2/c10-6-5-11(9(6)13)7-3-1-2-4-8(7)12/h6-8,12H,1-5,10H2. The van der Waals surface area contributed by atoms with Crippen LogP contribution in [0.5, 0.6) is 0 Å². The maximum atomic E-state index is 11.3. The molecule has 3 atom stereocenters. The minimum atomic E-state index is -0.329. The molecule has 0 bridgehead atoms. The summed E-state index contributed by atoms with van der Waals surface area (Å²) in [6.45, 7) is 0.626. The van der Waals surface area contributed by atoms with Gasteiger partial charge in [0.2, 0.25) is 5.91 Å². The predicted octanol–water partition coefficient (Wildman–Crippen LogP) is -0.541. The van der Waals surface area contributed by atoms with Gasteiger partial charge in [-0.1, -0.05) is 12.8 Å². The van der Waals surface area contributed by atoms with Crippen molar-refractivity contribution in [2.45, 2.75) is 43.9 Å². The number of hydrogen-bond acceptors (Lipinski definition) is 3. The third-order valence-electron chi connectivity index (χ3n) is 3.09. The lowest BCUT2D eigenvalue weighted by Crippen LogP contribution is -2.66. The van der Waals surface area contributed by atoms with E-state index in [0.717, 1.165) is 25.7 Å². The summed E-state index contributed by atoms with van der Waals surface area (Å²) in [5, 5.41) is 9.67. The average Bonchev–Trinajstić information content (AvgIpc) is 2.15. The Labute approximate surface area is 77.7 Å². The van der Waals surface area contributed by atoms with E-state index in [1.54, 1.807) is 4.90 Å². The lowest BCUT2D eigenvalue weighted by atomic mass is 9.88. The van der Waals surface area contributed by atoms with Crippen molar-refractivity contribution in [3.05, 3.63) is 0 Å². The molecular weight excluding hydrogens is 168 g/mol. The molecule has 0 aromatic rings. The molecule has 3 N–H and O–H groups in total. The van der Waals surface area contributed by atoms with E-state index in [-0.39, 0.29) is 24.1 Å². The quantitative estimate of drug-likeness (QED) is 0.538. The molecule has 4 nitrogen and oxygen atoms in total. The molecule has 2 rings (SSSR count). The molecule has 0 aromatic carbocycles. The summed E-state index contributed by atoms with van der Waals surface area (Å²) < 4.78 is 0. The highest BCUT2D eigenvalue weighted by Gasteiger charge is 2.41. The molecule has 2 aliphatic rings. The number of aliphatic hydroxyl groups excluding tert-OH is 1. The first-order chi connectivity index (χ1) is 6.20. The molecule has 1 heterocycles. The predicted molar refractivity (Wildman–Crippen MR) is 48.0 cm³/mol. The molecule has 0 radical (unpaired) electrons. The topological polar surface area (TPSA) is 66.6 Å². The summed E-state index contributed by atoms with van der Waals surface area (Å²) in [6, 6.07) is -0.268. The summed E-state index contributed by atoms with van der Waals surface area (Å²) in [6.07, 6.45) is 3.61. The van der Waals surface area contributed by atoms with Crippen molar-refractivity contribution in [1.82, 2.24) is 4.90 Å². The molecule has 13 heavy (non-hydrogen) atoms. The molecule has 1 saturated carbocycles. The Kier molecular flexibility index (Phi) is 2.26. The molecule has 0 spiro atoms. The van der Waals surface area contributed by atoms with Gasteiger partial charge in [-0.2, -0.15) is 0 Å². The van der Waals surface area contributed by atoms with E-state index in [1.165, 1.54) is 0 Å². The maximum absolute atomic E-state index is 11.3. The largest absolute Gasteiger partial charge is 0.391 e. The van der Waals surface area contributed by atoms with Crippen LogP contribution in [-0.4, -0.2) is 40.6 Å². The Morgan fingerprint density at radius 1 is 1.38 bits per heavy atom. The molecule has 1 aliphatic carbocycles. The fraction of sp³-hybridized carbons (Fsp3) is 0.889. The number of carbonyl (C=O) groups is 1. The van der Waals surface area contributed by atoms with Crippen LogP contribution in [0.1, 0.15) is 25.7 Å². The fourth-order valence-electron chi connectivity index (χ4n) is 2.23. The van der Waals surface area contributed by atoms with Crippen LogP contribution in [0.4, 0.5) is 0 Å². The van der Waals surface area contributed by atoms with Gasteiger partial charge in [0.25, 0.3) is 0 Å². The highest BCUT2D eigenvalue weighted by atomic mass is 16.3. The van der Waals surface area contributed by atoms with Gasteiger partial charge in [0.15, 0.2) is 0 Å². The van der Waals surface area contributed by atoms with E-state index in [4.69, 9.17) is 5.73 Å². The zero-order chi connectivity index (χ0) is 9.42. The number of aliphatic hydroxyl groups is 1. The first kappa shape index (κ1) is 8.97. The van der Waals surface area contributed by atoms with Gasteiger partial charge in [0.1, 0.15) is 6.04 Å². The highest BCUT2D eigenvalue weighted by molar-refractivity contribution is 5.88. The van der Waals surface area contributed by atoms with E-state index in [0.29, 0.717) is 6.54 Å². The second kappa shape index (κ2) is 3.27. The van der Waals surface area contributed by atoms with Crippen molar-refractivity contribution in [3.63, 3.8) is 0 Å². The van der Waals surface area contributed by atoms with Crippen molar-refractivity contribution >= 4 is 5.91 Å². The van der Waals surface area contributed by atoms with E-state index in [2.05, 4.69) is 0 Å². The fourth-order valence-corrected chi connectivity index (χ4v) is 2.23. The Bertz CT molecular complexity index is 220. The van der Waals surface area contributed by atoms with Gasteiger partial charge in [-0.05, 0) is 12.8 Å². The third kappa shape index (κ3) is 1.44. The molecule has 1 saturated heterocycles. The zero-order valence-corrected chi connectivity index (χ0v) is 7.65. The molecule has 74 valence electrons. The number of hydrogen-bond donors (Lipinski definition) is 2. The monoisotopic (exact) mass is 184 g/mol. The third-order valence-corrected chi connectivity index (χ3v) is 3.09. The lowest BCUT2D eigenvalue weighted by molar-refractivity contribution is -0.150. The Hall–Kier alpha value is -0.610. The lowest BCUT2D eigenvalue weighted by Gasteiger charge is -2.45. The van der Waals surface area contributed by atoms with Gasteiger partial charge in [-0.15, -0.1) is 0 Å². The van der Waals surface area contributed by atoms with Crippen LogP contribution in [0.2, 0.25) is 0 Å². The van der Waals surface area contributed by atoms with Crippen molar-refractivity contribution in [2.24, 2.45) is 5.73 Å². The molecular formula is C9H16N2O2. The van der Waals surface area contributed by atoms with Crippen molar-refractivity contribution in [1.29, 1.82) is 0 Å². The zero-order valence-electron chi connectivity index (χ0n) is 7.65. The van der Waals surface area contributed by atoms with Gasteiger partial charge in [0, 0.05) is 6.54 Å². The molecule has 4 heteroatoms. The summed E-state index contributed by atoms with van der Waals surface area (Å²) in [5.74, 6) is 0.00551. The minimum Gasteiger partial charge on any atom is -0.391 e. The van der Waals surface area contributed by atoms with Gasteiger partial charge in [0.05, 0.1) is 12.1 Å². The Balaban J connectivity index is 1.96. The van der Waals surface area contributed by atoms with Crippen LogP contribution < -0.4 is 5.73 Å². The van der Waals surface area contributed by atoms with Crippen LogP contribution in [0.3, 0.4) is 0 Å². The van der Waals surface area contributed by atoms with E-state index >= 15 is 0 Å². The average molecular weight is 184 g/mol. The number of rotatable bonds is 1. The van der Waals surface area contributed by atoms with E-state index in [9.17, 15) is 9.90 Å². The Morgan fingerprint density at radius 3 is 2.62 bits per heavy atom. The normalized spacial score (nSPS) is 40.3. The van der Waals surface area contributed by atoms with E-state index < -0.39 is 0 Å². The van der Waals surface area contributed by atoms with E-state index in [1.807, 2.05) is 0 Å². The maximum Gasteiger partial charge on any atom is 0.241 e. The van der Waals surface area contributed by atoms with Gasteiger partial charge < -0.3 is 15.7 Å².